The molecule has 1 aromatic rings. The van der Waals surface area contributed by atoms with Gasteiger partial charge in [0.2, 0.25) is 5.95 Å². The summed E-state index contributed by atoms with van der Waals surface area (Å²) in [6.07, 6.45) is 0. The minimum Gasteiger partial charge on any atom is -0.219 e. The molecule has 1 rings (SSSR count). The first-order valence-corrected chi connectivity index (χ1v) is 3.96. The average molecular weight is 189 g/mol. The van der Waals surface area contributed by atoms with Gasteiger partial charge in [0.05, 0.1) is 5.69 Å². The second-order valence-corrected chi connectivity index (χ2v) is 3.20. The van der Waals surface area contributed by atoms with Gasteiger partial charge in [0.15, 0.2) is 11.6 Å². The molecule has 0 aliphatic rings. The fraction of sp³-hybridized carbons (Fsp3) is 0.444. The van der Waals surface area contributed by atoms with Gasteiger partial charge in [-0.25, -0.2) is 13.8 Å². The first kappa shape index (κ1) is 10.0. The normalized spacial score (nSPS) is 11.0. The molecule has 1 nitrogen and oxygen atoms in total. The molecule has 1 aromatic heterocycles. The molecule has 72 valence electrons. The van der Waals surface area contributed by atoms with Crippen LogP contribution in [0, 0.1) is 24.5 Å². The Morgan fingerprint density at radius 2 is 1.62 bits per heavy atom. The summed E-state index contributed by atoms with van der Waals surface area (Å²) in [5.74, 6) is -3.45. The lowest BCUT2D eigenvalue weighted by Gasteiger charge is -2.08. The zero-order valence-corrected chi connectivity index (χ0v) is 7.66. The Morgan fingerprint density at radius 1 is 1.08 bits per heavy atom. The van der Waals surface area contributed by atoms with Gasteiger partial charge in [0.25, 0.3) is 0 Å². The van der Waals surface area contributed by atoms with E-state index in [0.717, 1.165) is 0 Å². The Bertz CT molecular complexity index is 334. The van der Waals surface area contributed by atoms with Crippen LogP contribution >= 0.6 is 0 Å². The van der Waals surface area contributed by atoms with Crippen molar-refractivity contribution < 1.29 is 13.2 Å². The van der Waals surface area contributed by atoms with Gasteiger partial charge in [0.1, 0.15) is 0 Å². The second-order valence-electron chi connectivity index (χ2n) is 3.20. The van der Waals surface area contributed by atoms with E-state index in [1.165, 1.54) is 6.92 Å². The van der Waals surface area contributed by atoms with Crippen LogP contribution in [0.3, 0.4) is 0 Å². The van der Waals surface area contributed by atoms with Gasteiger partial charge in [0, 0.05) is 5.56 Å². The van der Waals surface area contributed by atoms with Gasteiger partial charge in [-0.1, -0.05) is 13.8 Å². The van der Waals surface area contributed by atoms with Gasteiger partial charge in [-0.15, -0.1) is 0 Å². The molecule has 0 aromatic carbocycles. The van der Waals surface area contributed by atoms with Crippen LogP contribution in [0.15, 0.2) is 0 Å². The molecule has 0 saturated heterocycles. The number of hydrogen-bond donors (Lipinski definition) is 0. The molecule has 4 heteroatoms. The smallest absolute Gasteiger partial charge is 0.219 e. The predicted octanol–water partition coefficient (Wildman–Crippen LogP) is 2.93. The number of hydrogen-bond acceptors (Lipinski definition) is 1. The highest BCUT2D eigenvalue weighted by Crippen LogP contribution is 2.21. The van der Waals surface area contributed by atoms with Gasteiger partial charge in [-0.3, -0.25) is 0 Å². The first-order valence-electron chi connectivity index (χ1n) is 3.96. The van der Waals surface area contributed by atoms with Crippen molar-refractivity contribution in [3.05, 3.63) is 28.8 Å². The molecule has 0 spiro atoms. The molecule has 0 aliphatic heterocycles. The lowest BCUT2D eigenvalue weighted by atomic mass is 10.1. The summed E-state index contributed by atoms with van der Waals surface area (Å²) in [7, 11) is 0. The molecular formula is C9H10F3N. The van der Waals surface area contributed by atoms with Crippen molar-refractivity contribution in [3.63, 3.8) is 0 Å². The van der Waals surface area contributed by atoms with Gasteiger partial charge in [-0.2, -0.15) is 4.39 Å². The minimum atomic E-state index is -1.23. The highest BCUT2D eigenvalue weighted by molar-refractivity contribution is 5.22. The maximum Gasteiger partial charge on any atom is 0.249 e. The molecule has 0 amide bonds. The fourth-order valence-corrected chi connectivity index (χ4v) is 1.03. The molecule has 0 saturated carbocycles. The van der Waals surface area contributed by atoms with Crippen molar-refractivity contribution in [1.29, 1.82) is 0 Å². The monoisotopic (exact) mass is 189 g/mol. The Kier molecular flexibility index (Phi) is 2.59. The molecule has 0 bridgehead atoms. The van der Waals surface area contributed by atoms with Crippen LogP contribution in [0.25, 0.3) is 0 Å². The number of rotatable bonds is 1. The molecular weight excluding hydrogens is 179 g/mol. The van der Waals surface area contributed by atoms with Crippen molar-refractivity contribution in [2.24, 2.45) is 0 Å². The van der Waals surface area contributed by atoms with Crippen LogP contribution in [0.2, 0.25) is 0 Å². The molecule has 0 N–H and O–H groups in total. The summed E-state index contributed by atoms with van der Waals surface area (Å²) < 4.78 is 38.7. The zero-order valence-electron chi connectivity index (χ0n) is 7.66. The SMILES string of the molecule is Cc1c(F)c(F)nc(C(C)C)c1F. The molecule has 0 fully saturated rings. The van der Waals surface area contributed by atoms with Crippen molar-refractivity contribution in [2.45, 2.75) is 26.7 Å². The topological polar surface area (TPSA) is 12.9 Å². The van der Waals surface area contributed by atoms with Crippen LogP contribution < -0.4 is 0 Å². The third-order valence-electron chi connectivity index (χ3n) is 1.83. The van der Waals surface area contributed by atoms with Crippen molar-refractivity contribution >= 4 is 0 Å². The Balaban J connectivity index is 3.41. The van der Waals surface area contributed by atoms with Gasteiger partial charge >= 0.3 is 0 Å². The highest BCUT2D eigenvalue weighted by Gasteiger charge is 2.18. The minimum absolute atomic E-state index is 0.0311. The zero-order chi connectivity index (χ0) is 10.2. The summed E-state index contributed by atoms with van der Waals surface area (Å²) in [4.78, 5) is 3.22. The molecule has 13 heavy (non-hydrogen) atoms. The maximum atomic E-state index is 13.2. The van der Waals surface area contributed by atoms with E-state index in [9.17, 15) is 13.2 Å². The summed E-state index contributed by atoms with van der Waals surface area (Å²) in [6.45, 7) is 4.53. The number of halogens is 3. The highest BCUT2D eigenvalue weighted by atomic mass is 19.2. The number of pyridine rings is 1. The lowest BCUT2D eigenvalue weighted by Crippen LogP contribution is -2.06. The van der Waals surface area contributed by atoms with E-state index in [2.05, 4.69) is 4.98 Å². The van der Waals surface area contributed by atoms with E-state index in [-0.39, 0.29) is 17.2 Å². The van der Waals surface area contributed by atoms with Gasteiger partial charge < -0.3 is 0 Å². The standard InChI is InChI=1S/C9H10F3N/c1-4(2)8-6(10)5(3)7(11)9(12)13-8/h4H,1-3H3. The van der Waals surface area contributed by atoms with Crippen LogP contribution in [0.1, 0.15) is 31.0 Å². The average Bonchev–Trinajstić information content (AvgIpc) is 2.07. The largest absolute Gasteiger partial charge is 0.249 e. The van der Waals surface area contributed by atoms with Crippen LogP contribution in [0.4, 0.5) is 13.2 Å². The van der Waals surface area contributed by atoms with E-state index in [1.54, 1.807) is 13.8 Å². The number of nitrogens with zero attached hydrogens (tertiary/aromatic N) is 1. The Labute approximate surface area is 74.6 Å². The summed E-state index contributed by atoms with van der Waals surface area (Å²) in [5, 5.41) is 0. The molecule has 1 heterocycles. The lowest BCUT2D eigenvalue weighted by molar-refractivity contribution is 0.443. The summed E-state index contributed by atoms with van der Waals surface area (Å²) in [6, 6.07) is 0. The Morgan fingerprint density at radius 3 is 2.08 bits per heavy atom. The molecule has 0 radical (unpaired) electrons. The van der Waals surface area contributed by atoms with E-state index in [0.29, 0.717) is 0 Å². The number of aromatic nitrogens is 1. The fourth-order valence-electron chi connectivity index (χ4n) is 1.03. The third-order valence-corrected chi connectivity index (χ3v) is 1.83. The predicted molar refractivity (Wildman–Crippen MR) is 42.9 cm³/mol. The van der Waals surface area contributed by atoms with Crippen LogP contribution in [-0.2, 0) is 0 Å². The first-order chi connectivity index (χ1) is 5.95. The molecule has 0 atom stereocenters. The summed E-state index contributed by atoms with van der Waals surface area (Å²) in [5.41, 5.74) is -0.340. The van der Waals surface area contributed by atoms with Crippen molar-refractivity contribution in [3.8, 4) is 0 Å². The van der Waals surface area contributed by atoms with Gasteiger partial charge in [-0.05, 0) is 12.8 Å². The quantitative estimate of drug-likeness (QED) is 0.619. The summed E-state index contributed by atoms with van der Waals surface area (Å²) >= 11 is 0. The van der Waals surface area contributed by atoms with E-state index >= 15 is 0 Å². The van der Waals surface area contributed by atoms with E-state index in [4.69, 9.17) is 0 Å². The molecule has 0 aliphatic carbocycles. The second kappa shape index (κ2) is 3.36. The Hall–Kier alpha value is -1.06. The molecule has 0 unspecified atom stereocenters. The van der Waals surface area contributed by atoms with E-state index < -0.39 is 17.6 Å². The third kappa shape index (κ3) is 1.66. The maximum absolute atomic E-state index is 13.2. The van der Waals surface area contributed by atoms with Crippen molar-refractivity contribution in [1.82, 2.24) is 4.98 Å². The van der Waals surface area contributed by atoms with Crippen molar-refractivity contribution in [2.75, 3.05) is 0 Å². The van der Waals surface area contributed by atoms with Crippen LogP contribution in [-0.4, -0.2) is 4.98 Å². The van der Waals surface area contributed by atoms with Crippen LogP contribution in [0.5, 0.6) is 0 Å². The van der Waals surface area contributed by atoms with E-state index in [1.807, 2.05) is 0 Å².